The number of sulfonamides is 1. The van der Waals surface area contributed by atoms with Crippen LogP contribution in [0.3, 0.4) is 0 Å². The minimum atomic E-state index is -4.99. The third-order valence-electron chi connectivity index (χ3n) is 4.14. The molecule has 33 heavy (non-hydrogen) atoms. The average Bonchev–Trinajstić information content (AvgIpc) is 3.05. The molecule has 1 aromatic carbocycles. The highest BCUT2D eigenvalue weighted by molar-refractivity contribution is 7.89. The van der Waals surface area contributed by atoms with Gasteiger partial charge in [0.15, 0.2) is 11.6 Å². The summed E-state index contributed by atoms with van der Waals surface area (Å²) in [6.45, 7) is 0.258. The van der Waals surface area contributed by atoms with Gasteiger partial charge in [0.05, 0.1) is 22.6 Å². The molecule has 12 nitrogen and oxygen atoms in total. The lowest BCUT2D eigenvalue weighted by atomic mass is 10.1. The Bertz CT molecular complexity index is 1160. The van der Waals surface area contributed by atoms with Crippen LogP contribution in [0.4, 0.5) is 24.5 Å². The lowest BCUT2D eigenvalue weighted by Gasteiger charge is -2.13. The van der Waals surface area contributed by atoms with E-state index in [0.29, 0.717) is 11.9 Å². The number of rotatable bonds is 9. The van der Waals surface area contributed by atoms with Crippen LogP contribution < -0.4 is 10.0 Å². The number of carbonyl (C=O) groups excluding carboxylic acids is 2. The molecule has 0 spiro atoms. The first-order valence-corrected chi connectivity index (χ1v) is 10.5. The molecule has 0 bridgehead atoms. The number of amides is 1. The molecule has 2 rings (SSSR count). The van der Waals surface area contributed by atoms with E-state index in [-0.39, 0.29) is 17.6 Å². The number of imidazole rings is 1. The van der Waals surface area contributed by atoms with Crippen LogP contribution in [0.25, 0.3) is 0 Å². The summed E-state index contributed by atoms with van der Waals surface area (Å²) in [7, 11) is -2.39. The molecule has 1 amide bonds. The number of nitro benzene ring substituents is 1. The van der Waals surface area contributed by atoms with Gasteiger partial charge in [-0.25, -0.2) is 18.1 Å². The number of hydrogen-bond donors (Lipinski definition) is 2. The van der Waals surface area contributed by atoms with E-state index in [9.17, 15) is 41.3 Å². The maximum Gasteiger partial charge on any atom is 0.418 e. The van der Waals surface area contributed by atoms with Gasteiger partial charge in [-0.3, -0.25) is 19.7 Å². The van der Waals surface area contributed by atoms with Crippen molar-refractivity contribution >= 4 is 33.3 Å². The molecule has 0 radical (unpaired) electrons. The molecule has 0 saturated carbocycles. The highest BCUT2D eigenvalue weighted by Crippen LogP contribution is 2.37. The van der Waals surface area contributed by atoms with E-state index in [1.807, 2.05) is 5.32 Å². The number of carbonyl (C=O) groups is 2. The predicted molar refractivity (Wildman–Crippen MR) is 105 cm³/mol. The van der Waals surface area contributed by atoms with E-state index in [1.54, 1.807) is 14.0 Å². The smallest absolute Gasteiger partial charge is 0.418 e. The Morgan fingerprint density at radius 3 is 2.52 bits per heavy atom. The molecule has 0 aliphatic rings. The number of alkyl halides is 3. The first kappa shape index (κ1) is 25.7. The lowest BCUT2D eigenvalue weighted by Crippen LogP contribution is -2.28. The van der Waals surface area contributed by atoms with Crippen molar-refractivity contribution in [2.24, 2.45) is 7.05 Å². The number of ether oxygens (including phenoxy) is 1. The molecule has 180 valence electrons. The summed E-state index contributed by atoms with van der Waals surface area (Å²) in [5.74, 6) is -1.68. The average molecular weight is 493 g/mol. The summed E-state index contributed by atoms with van der Waals surface area (Å²) in [5.41, 5.74) is -3.03. The van der Waals surface area contributed by atoms with Crippen molar-refractivity contribution in [3.63, 3.8) is 0 Å². The second-order valence-corrected chi connectivity index (χ2v) is 8.29. The van der Waals surface area contributed by atoms with E-state index in [1.165, 1.54) is 10.8 Å². The number of nitrogens with zero attached hydrogens (tertiary/aromatic N) is 3. The van der Waals surface area contributed by atoms with Crippen molar-refractivity contribution in [1.82, 2.24) is 14.3 Å². The third-order valence-corrected chi connectivity index (χ3v) is 5.47. The highest BCUT2D eigenvalue weighted by atomic mass is 32.2. The Labute approximate surface area is 184 Å². The van der Waals surface area contributed by atoms with Crippen LogP contribution in [0, 0.1) is 17.0 Å². The number of nitrogens with one attached hydrogen (secondary N) is 2. The normalized spacial score (nSPS) is 11.8. The molecular weight excluding hydrogens is 475 g/mol. The number of aromatic nitrogens is 2. The van der Waals surface area contributed by atoms with Crippen LogP contribution in [0.1, 0.15) is 17.8 Å². The summed E-state index contributed by atoms with van der Waals surface area (Å²) in [5, 5.41) is 12.3. The molecule has 2 aromatic rings. The van der Waals surface area contributed by atoms with Gasteiger partial charge in [-0.1, -0.05) is 0 Å². The monoisotopic (exact) mass is 493 g/mol. The number of nitro groups is 1. The maximum absolute atomic E-state index is 13.1. The topological polar surface area (TPSA) is 163 Å². The first-order valence-electron chi connectivity index (χ1n) is 9.01. The molecule has 1 heterocycles. The van der Waals surface area contributed by atoms with Crippen molar-refractivity contribution < 1.29 is 40.8 Å². The zero-order valence-corrected chi connectivity index (χ0v) is 18.0. The van der Waals surface area contributed by atoms with Gasteiger partial charge in [0.2, 0.25) is 0 Å². The summed E-state index contributed by atoms with van der Waals surface area (Å²) < 4.78 is 71.8. The molecule has 16 heteroatoms. The van der Waals surface area contributed by atoms with Gasteiger partial charge in [0, 0.05) is 31.9 Å². The number of hydrogen-bond acceptors (Lipinski definition) is 8. The Morgan fingerprint density at radius 1 is 1.30 bits per heavy atom. The van der Waals surface area contributed by atoms with Crippen LogP contribution in [0.2, 0.25) is 0 Å². The van der Waals surface area contributed by atoms with Gasteiger partial charge < -0.3 is 14.6 Å². The van der Waals surface area contributed by atoms with Gasteiger partial charge in [-0.2, -0.15) is 13.2 Å². The Balaban J connectivity index is 1.88. The third kappa shape index (κ3) is 6.98. The van der Waals surface area contributed by atoms with Crippen LogP contribution in [-0.2, 0) is 37.6 Å². The van der Waals surface area contributed by atoms with Crippen LogP contribution in [0.5, 0.6) is 0 Å². The van der Waals surface area contributed by atoms with E-state index in [4.69, 9.17) is 0 Å². The molecule has 2 N–H and O–H groups in total. The molecule has 0 aliphatic heterocycles. The van der Waals surface area contributed by atoms with Gasteiger partial charge >= 0.3 is 12.1 Å². The van der Waals surface area contributed by atoms with Gasteiger partial charge in [0.1, 0.15) is 5.82 Å². The fourth-order valence-electron chi connectivity index (χ4n) is 2.41. The zero-order chi connectivity index (χ0) is 25.0. The molecule has 0 atom stereocenters. The molecule has 0 saturated heterocycles. The molecule has 1 aromatic heterocycles. The van der Waals surface area contributed by atoms with Crippen LogP contribution >= 0.6 is 0 Å². The molecular formula is C17H18F3N5O7S. The second-order valence-electron chi connectivity index (χ2n) is 6.58. The summed E-state index contributed by atoms with van der Waals surface area (Å²) in [6, 6.07) is 1.73. The van der Waals surface area contributed by atoms with Crippen molar-refractivity contribution in [3.8, 4) is 0 Å². The fraction of sp³-hybridized carbons (Fsp3) is 0.353. The summed E-state index contributed by atoms with van der Waals surface area (Å²) >= 11 is 0. The summed E-state index contributed by atoms with van der Waals surface area (Å²) in [4.78, 5) is 37.1. The highest BCUT2D eigenvalue weighted by Gasteiger charge is 2.35. The standard InChI is InChI=1S/C17H18F3N5O7S/c1-10-22-15(8-24(10)2)33(30,31)21-6-5-16(27)32-9-14(26)23-13-4-3-11(25(28)29)7-12(13)17(18,19)20/h3-4,7-8,21H,5-6,9H2,1-2H3,(H,23,26). The first-order chi connectivity index (χ1) is 15.2. The van der Waals surface area contributed by atoms with E-state index in [2.05, 4.69) is 14.4 Å². The van der Waals surface area contributed by atoms with Crippen LogP contribution in [0.15, 0.2) is 29.4 Å². The minimum Gasteiger partial charge on any atom is -0.456 e. The predicted octanol–water partition coefficient (Wildman–Crippen LogP) is 1.51. The Morgan fingerprint density at radius 2 is 1.97 bits per heavy atom. The number of anilines is 1. The zero-order valence-electron chi connectivity index (χ0n) is 17.2. The van der Waals surface area contributed by atoms with E-state index < -0.39 is 63.0 Å². The van der Waals surface area contributed by atoms with Crippen molar-refractivity contribution in [1.29, 1.82) is 0 Å². The molecule has 0 aliphatic carbocycles. The second kappa shape index (κ2) is 9.95. The van der Waals surface area contributed by atoms with Crippen molar-refractivity contribution in [2.45, 2.75) is 24.5 Å². The number of aryl methyl sites for hydroxylation is 2. The number of esters is 1. The van der Waals surface area contributed by atoms with Gasteiger partial charge in [-0.15, -0.1) is 0 Å². The van der Waals surface area contributed by atoms with E-state index >= 15 is 0 Å². The Hall–Kier alpha value is -3.53. The molecule has 0 unspecified atom stereocenters. The van der Waals surface area contributed by atoms with Crippen molar-refractivity contribution in [2.75, 3.05) is 18.5 Å². The van der Waals surface area contributed by atoms with Crippen molar-refractivity contribution in [3.05, 3.63) is 45.9 Å². The molecule has 0 fully saturated rings. The SMILES string of the molecule is Cc1nc(S(=O)(=O)NCCC(=O)OCC(=O)Nc2ccc([N+](=O)[O-])cc2C(F)(F)F)cn1C. The van der Waals surface area contributed by atoms with Gasteiger partial charge in [0.25, 0.3) is 21.6 Å². The van der Waals surface area contributed by atoms with E-state index in [0.717, 1.165) is 6.07 Å². The fourth-order valence-corrected chi connectivity index (χ4v) is 3.48. The Kier molecular flexibility index (Phi) is 7.76. The quantitative estimate of drug-likeness (QED) is 0.302. The largest absolute Gasteiger partial charge is 0.456 e. The van der Waals surface area contributed by atoms with Crippen LogP contribution in [-0.4, -0.2) is 47.9 Å². The number of benzene rings is 1. The van der Waals surface area contributed by atoms with Gasteiger partial charge in [-0.05, 0) is 13.0 Å². The number of non-ortho nitro benzene ring substituents is 1. The maximum atomic E-state index is 13.1. The number of halogens is 3. The minimum absolute atomic E-state index is 0.251. The summed E-state index contributed by atoms with van der Waals surface area (Å²) in [6.07, 6.45) is -4.19. The lowest BCUT2D eigenvalue weighted by molar-refractivity contribution is -0.385.